The van der Waals surface area contributed by atoms with Gasteiger partial charge in [-0.15, -0.1) is 0 Å². The number of rotatable bonds is 7. The number of ether oxygens (including phenoxy) is 2. The smallest absolute Gasteiger partial charge is 0.339 e. The standard InChI is InChI=1S/C21H23N3O6/c1-4-24(12-9-14-7-10-22-11-8-14)19(26)18(25)23-17-13-15(20(27)29-2)5-6-16(17)21(28)30-3/h5-8,10-11,13H,4,9,12H2,1-3H3,(H,23,25). The Bertz CT molecular complexity index is 930. The fraction of sp³-hybridized carbons (Fsp3) is 0.286. The molecule has 0 aliphatic heterocycles. The van der Waals surface area contributed by atoms with Crippen LogP contribution < -0.4 is 5.32 Å². The van der Waals surface area contributed by atoms with Gasteiger partial charge in [0.1, 0.15) is 0 Å². The van der Waals surface area contributed by atoms with Gasteiger partial charge < -0.3 is 19.7 Å². The number of nitrogens with zero attached hydrogens (tertiary/aromatic N) is 2. The molecular weight excluding hydrogens is 390 g/mol. The first-order valence-electron chi connectivity index (χ1n) is 9.21. The summed E-state index contributed by atoms with van der Waals surface area (Å²) in [5.74, 6) is -3.07. The molecule has 2 amide bonds. The molecule has 30 heavy (non-hydrogen) atoms. The number of hydrogen-bond acceptors (Lipinski definition) is 7. The first-order valence-corrected chi connectivity index (χ1v) is 9.21. The summed E-state index contributed by atoms with van der Waals surface area (Å²) >= 11 is 0. The molecule has 0 saturated heterocycles. The third-order valence-corrected chi connectivity index (χ3v) is 4.38. The van der Waals surface area contributed by atoms with Crippen molar-refractivity contribution in [3.8, 4) is 0 Å². The Morgan fingerprint density at radius 3 is 2.27 bits per heavy atom. The highest BCUT2D eigenvalue weighted by molar-refractivity contribution is 6.39. The first kappa shape index (κ1) is 22.5. The molecule has 0 unspecified atom stereocenters. The van der Waals surface area contributed by atoms with Gasteiger partial charge in [0.2, 0.25) is 0 Å². The first-order chi connectivity index (χ1) is 14.4. The number of carbonyl (C=O) groups is 4. The number of benzene rings is 1. The summed E-state index contributed by atoms with van der Waals surface area (Å²) in [6, 6.07) is 7.61. The molecule has 0 atom stereocenters. The predicted octanol–water partition coefficient (Wildman–Crippen LogP) is 1.68. The number of likely N-dealkylation sites (N-methyl/N-ethyl adjacent to an activating group) is 1. The van der Waals surface area contributed by atoms with Crippen LogP contribution in [-0.2, 0) is 25.5 Å². The minimum Gasteiger partial charge on any atom is -0.465 e. The highest BCUT2D eigenvalue weighted by atomic mass is 16.5. The van der Waals surface area contributed by atoms with Crippen molar-refractivity contribution in [2.45, 2.75) is 13.3 Å². The van der Waals surface area contributed by atoms with E-state index in [-0.39, 0.29) is 16.8 Å². The molecule has 1 aromatic heterocycles. The third kappa shape index (κ3) is 5.63. The Labute approximate surface area is 174 Å². The number of hydrogen-bond donors (Lipinski definition) is 1. The van der Waals surface area contributed by atoms with Gasteiger partial charge in [0.15, 0.2) is 0 Å². The average Bonchev–Trinajstić information content (AvgIpc) is 2.78. The number of carbonyl (C=O) groups excluding carboxylic acids is 4. The Balaban J connectivity index is 2.18. The van der Waals surface area contributed by atoms with Crippen molar-refractivity contribution in [3.63, 3.8) is 0 Å². The molecule has 2 aromatic rings. The van der Waals surface area contributed by atoms with E-state index in [1.54, 1.807) is 19.3 Å². The van der Waals surface area contributed by atoms with Crippen LogP contribution in [0, 0.1) is 0 Å². The summed E-state index contributed by atoms with van der Waals surface area (Å²) in [5, 5.41) is 2.41. The molecule has 158 valence electrons. The summed E-state index contributed by atoms with van der Waals surface area (Å²) in [6.45, 7) is 2.41. The van der Waals surface area contributed by atoms with E-state index in [2.05, 4.69) is 15.0 Å². The summed E-state index contributed by atoms with van der Waals surface area (Å²) in [4.78, 5) is 54.3. The van der Waals surface area contributed by atoms with Crippen LogP contribution in [0.1, 0.15) is 33.2 Å². The molecule has 0 radical (unpaired) electrons. The van der Waals surface area contributed by atoms with Gasteiger partial charge in [0.25, 0.3) is 0 Å². The molecule has 1 N–H and O–H groups in total. The van der Waals surface area contributed by atoms with E-state index in [1.807, 2.05) is 12.1 Å². The number of methoxy groups -OCH3 is 2. The summed E-state index contributed by atoms with van der Waals surface area (Å²) in [7, 11) is 2.39. The maximum absolute atomic E-state index is 12.6. The Kier molecular flexibility index (Phi) is 8.04. The van der Waals surface area contributed by atoms with Crippen molar-refractivity contribution >= 4 is 29.4 Å². The van der Waals surface area contributed by atoms with Crippen LogP contribution in [0.5, 0.6) is 0 Å². The highest BCUT2D eigenvalue weighted by Crippen LogP contribution is 2.20. The van der Waals surface area contributed by atoms with E-state index < -0.39 is 23.8 Å². The van der Waals surface area contributed by atoms with Crippen molar-refractivity contribution in [2.24, 2.45) is 0 Å². The largest absolute Gasteiger partial charge is 0.465 e. The minimum atomic E-state index is -0.932. The van der Waals surface area contributed by atoms with Gasteiger partial charge >= 0.3 is 23.8 Å². The lowest BCUT2D eigenvalue weighted by atomic mass is 10.1. The van der Waals surface area contributed by atoms with E-state index in [0.29, 0.717) is 19.5 Å². The molecule has 9 heteroatoms. The van der Waals surface area contributed by atoms with E-state index >= 15 is 0 Å². The van der Waals surface area contributed by atoms with Crippen molar-refractivity contribution in [1.29, 1.82) is 0 Å². The molecule has 0 saturated carbocycles. The van der Waals surface area contributed by atoms with E-state index in [1.165, 1.54) is 37.3 Å². The maximum atomic E-state index is 12.6. The molecule has 0 spiro atoms. The molecule has 0 bridgehead atoms. The van der Waals surface area contributed by atoms with Crippen molar-refractivity contribution < 1.29 is 28.7 Å². The van der Waals surface area contributed by atoms with Gasteiger partial charge in [-0.05, 0) is 49.2 Å². The summed E-state index contributed by atoms with van der Waals surface area (Å²) < 4.78 is 9.35. The lowest BCUT2D eigenvalue weighted by molar-refractivity contribution is -0.143. The zero-order valence-electron chi connectivity index (χ0n) is 17.0. The minimum absolute atomic E-state index is 0.00568. The van der Waals surface area contributed by atoms with Crippen molar-refractivity contribution in [2.75, 3.05) is 32.6 Å². The summed E-state index contributed by atoms with van der Waals surface area (Å²) in [5.41, 5.74) is 1.08. The number of anilines is 1. The normalized spacial score (nSPS) is 10.1. The topological polar surface area (TPSA) is 115 Å². The number of aromatic nitrogens is 1. The lowest BCUT2D eigenvalue weighted by Crippen LogP contribution is -2.41. The maximum Gasteiger partial charge on any atom is 0.339 e. The Hall–Kier alpha value is -3.75. The zero-order valence-corrected chi connectivity index (χ0v) is 17.0. The van der Waals surface area contributed by atoms with Crippen molar-refractivity contribution in [3.05, 3.63) is 59.4 Å². The average molecular weight is 413 g/mol. The number of amides is 2. The lowest BCUT2D eigenvalue weighted by Gasteiger charge is -2.20. The van der Waals surface area contributed by atoms with Gasteiger partial charge in [-0.1, -0.05) is 0 Å². The Morgan fingerprint density at radius 2 is 1.67 bits per heavy atom. The molecule has 1 aromatic carbocycles. The van der Waals surface area contributed by atoms with Crippen LogP contribution in [0.25, 0.3) is 0 Å². The van der Waals surface area contributed by atoms with E-state index in [9.17, 15) is 19.2 Å². The molecule has 2 rings (SSSR count). The van der Waals surface area contributed by atoms with Crippen LogP contribution in [0.2, 0.25) is 0 Å². The van der Waals surface area contributed by atoms with Crippen LogP contribution in [-0.4, -0.2) is 60.9 Å². The third-order valence-electron chi connectivity index (χ3n) is 4.38. The zero-order chi connectivity index (χ0) is 22.1. The van der Waals surface area contributed by atoms with Gasteiger partial charge in [0.05, 0.1) is 31.0 Å². The number of esters is 2. The molecular formula is C21H23N3O6. The Morgan fingerprint density at radius 1 is 1.00 bits per heavy atom. The second-order valence-electron chi connectivity index (χ2n) is 6.19. The molecule has 1 heterocycles. The van der Waals surface area contributed by atoms with Crippen LogP contribution >= 0.6 is 0 Å². The van der Waals surface area contributed by atoms with Crippen LogP contribution in [0.4, 0.5) is 5.69 Å². The second-order valence-corrected chi connectivity index (χ2v) is 6.19. The molecule has 0 fully saturated rings. The van der Waals surface area contributed by atoms with E-state index in [4.69, 9.17) is 4.74 Å². The quantitative estimate of drug-likeness (QED) is 0.542. The number of nitrogens with one attached hydrogen (secondary N) is 1. The van der Waals surface area contributed by atoms with Crippen LogP contribution in [0.3, 0.4) is 0 Å². The SMILES string of the molecule is CCN(CCc1ccncc1)C(=O)C(=O)Nc1cc(C(=O)OC)ccc1C(=O)OC. The second kappa shape index (κ2) is 10.7. The fourth-order valence-electron chi connectivity index (χ4n) is 2.72. The van der Waals surface area contributed by atoms with Crippen molar-refractivity contribution in [1.82, 2.24) is 9.88 Å². The molecule has 9 nitrogen and oxygen atoms in total. The highest BCUT2D eigenvalue weighted by Gasteiger charge is 2.24. The van der Waals surface area contributed by atoms with Crippen LogP contribution in [0.15, 0.2) is 42.7 Å². The van der Waals surface area contributed by atoms with Gasteiger partial charge in [0, 0.05) is 25.5 Å². The molecule has 0 aliphatic carbocycles. The van der Waals surface area contributed by atoms with Gasteiger partial charge in [-0.25, -0.2) is 9.59 Å². The van der Waals surface area contributed by atoms with Gasteiger partial charge in [-0.3, -0.25) is 14.6 Å². The van der Waals surface area contributed by atoms with Gasteiger partial charge in [-0.2, -0.15) is 0 Å². The number of pyridine rings is 1. The monoisotopic (exact) mass is 413 g/mol. The fourth-order valence-corrected chi connectivity index (χ4v) is 2.72. The van der Waals surface area contributed by atoms with E-state index in [0.717, 1.165) is 5.56 Å². The molecule has 0 aliphatic rings. The predicted molar refractivity (Wildman–Crippen MR) is 108 cm³/mol. The summed E-state index contributed by atoms with van der Waals surface area (Å²) in [6.07, 6.45) is 3.87.